The Kier molecular flexibility index (Phi) is 4.17. The maximum Gasteiger partial charge on any atom is 0.134 e. The van der Waals surface area contributed by atoms with Gasteiger partial charge in [0.05, 0.1) is 12.6 Å². The third-order valence-electron chi connectivity index (χ3n) is 7.08. The van der Waals surface area contributed by atoms with Crippen LogP contribution in [-0.2, 0) is 6.54 Å². The minimum absolute atomic E-state index is 0.429. The molecule has 4 bridgehead atoms. The van der Waals surface area contributed by atoms with E-state index < -0.39 is 6.10 Å². The van der Waals surface area contributed by atoms with Gasteiger partial charge in [-0.2, -0.15) is 0 Å². The molecule has 4 aliphatic rings. The van der Waals surface area contributed by atoms with E-state index >= 15 is 0 Å². The first-order valence-corrected chi connectivity index (χ1v) is 10.3. The molecule has 4 saturated carbocycles. The predicted molar refractivity (Wildman–Crippen MR) is 102 cm³/mol. The van der Waals surface area contributed by atoms with Crippen molar-refractivity contribution in [3.63, 3.8) is 0 Å². The average Bonchev–Trinajstić information content (AvgIpc) is 3.09. The van der Waals surface area contributed by atoms with E-state index in [4.69, 9.17) is 4.42 Å². The molecule has 0 unspecified atom stereocenters. The Hall–Kier alpha value is -1.58. The summed E-state index contributed by atoms with van der Waals surface area (Å²) in [6.45, 7) is 2.62. The highest BCUT2D eigenvalue weighted by Crippen LogP contribution is 2.53. The van der Waals surface area contributed by atoms with Gasteiger partial charge in [-0.15, -0.1) is 0 Å². The van der Waals surface area contributed by atoms with Gasteiger partial charge in [-0.05, 0) is 80.4 Å². The third kappa shape index (κ3) is 3.01. The van der Waals surface area contributed by atoms with Crippen molar-refractivity contribution in [1.82, 2.24) is 5.32 Å². The SMILES string of the molecule is C[C@H](O)c1ccc(-c2ccc(CNC3C4CC5CC(C4)CC3C5)o2)cc1. The first-order chi connectivity index (χ1) is 12.7. The lowest BCUT2D eigenvalue weighted by Crippen LogP contribution is -2.54. The summed E-state index contributed by atoms with van der Waals surface area (Å²) in [6.07, 6.45) is 6.87. The van der Waals surface area contributed by atoms with Gasteiger partial charge in [-0.25, -0.2) is 0 Å². The number of rotatable bonds is 5. The molecule has 0 spiro atoms. The van der Waals surface area contributed by atoms with Crippen molar-refractivity contribution >= 4 is 0 Å². The van der Waals surface area contributed by atoms with E-state index in [1.807, 2.05) is 24.3 Å². The highest BCUT2D eigenvalue weighted by Gasteiger charge is 2.47. The van der Waals surface area contributed by atoms with Crippen molar-refractivity contribution in [2.24, 2.45) is 23.7 Å². The van der Waals surface area contributed by atoms with E-state index in [0.717, 1.165) is 52.9 Å². The van der Waals surface area contributed by atoms with Gasteiger partial charge in [0.15, 0.2) is 0 Å². The highest BCUT2D eigenvalue weighted by atomic mass is 16.3. The number of hydrogen-bond donors (Lipinski definition) is 2. The van der Waals surface area contributed by atoms with Gasteiger partial charge >= 0.3 is 0 Å². The van der Waals surface area contributed by atoms with Crippen molar-refractivity contribution < 1.29 is 9.52 Å². The Balaban J connectivity index is 1.23. The zero-order chi connectivity index (χ0) is 17.7. The number of hydrogen-bond acceptors (Lipinski definition) is 3. The molecule has 3 heteroatoms. The molecule has 3 nitrogen and oxygen atoms in total. The van der Waals surface area contributed by atoms with Crippen LogP contribution in [0.1, 0.15) is 56.5 Å². The largest absolute Gasteiger partial charge is 0.460 e. The van der Waals surface area contributed by atoms with Crippen LogP contribution in [0.4, 0.5) is 0 Å². The second-order valence-corrected chi connectivity index (χ2v) is 8.90. The van der Waals surface area contributed by atoms with E-state index in [1.54, 1.807) is 6.92 Å². The van der Waals surface area contributed by atoms with Crippen LogP contribution in [0.25, 0.3) is 11.3 Å². The van der Waals surface area contributed by atoms with E-state index in [0.29, 0.717) is 6.04 Å². The van der Waals surface area contributed by atoms with Crippen LogP contribution in [0.5, 0.6) is 0 Å². The molecule has 138 valence electrons. The van der Waals surface area contributed by atoms with Gasteiger partial charge in [-0.1, -0.05) is 24.3 Å². The molecule has 1 aromatic carbocycles. The van der Waals surface area contributed by atoms with Gasteiger partial charge in [0.1, 0.15) is 11.5 Å². The number of benzene rings is 1. The van der Waals surface area contributed by atoms with Crippen LogP contribution in [0.2, 0.25) is 0 Å². The number of aliphatic hydroxyl groups excluding tert-OH is 1. The molecule has 2 N–H and O–H groups in total. The number of furan rings is 1. The van der Waals surface area contributed by atoms with Gasteiger partial charge in [-0.3, -0.25) is 0 Å². The Morgan fingerprint density at radius 3 is 2.23 bits per heavy atom. The standard InChI is InChI=1S/C23H29NO2/c1-14(25)17-2-4-18(5-3-17)22-7-6-21(26-22)13-24-23-19-9-15-8-16(11-19)12-20(23)10-15/h2-7,14-16,19-20,23-25H,8-13H2,1H3/t14-,15?,16?,19?,20?,23?/m0/s1. The first kappa shape index (κ1) is 16.6. The first-order valence-electron chi connectivity index (χ1n) is 10.3. The molecule has 2 aromatic rings. The number of nitrogens with one attached hydrogen (secondary N) is 1. The zero-order valence-corrected chi connectivity index (χ0v) is 15.5. The topological polar surface area (TPSA) is 45.4 Å². The Bertz CT molecular complexity index is 733. The summed E-state index contributed by atoms with van der Waals surface area (Å²) in [5.74, 6) is 5.77. The van der Waals surface area contributed by atoms with Crippen LogP contribution >= 0.6 is 0 Å². The molecule has 4 fully saturated rings. The summed E-state index contributed by atoms with van der Waals surface area (Å²) in [5, 5.41) is 13.5. The molecule has 0 radical (unpaired) electrons. The molecule has 0 aliphatic heterocycles. The predicted octanol–water partition coefficient (Wildman–Crippen LogP) is 4.91. The van der Waals surface area contributed by atoms with Crippen LogP contribution in [-0.4, -0.2) is 11.1 Å². The second-order valence-electron chi connectivity index (χ2n) is 8.90. The summed E-state index contributed by atoms with van der Waals surface area (Å²) < 4.78 is 6.09. The van der Waals surface area contributed by atoms with Crippen LogP contribution in [0, 0.1) is 23.7 Å². The molecular formula is C23H29NO2. The fraction of sp³-hybridized carbons (Fsp3) is 0.565. The second kappa shape index (κ2) is 6.54. The summed E-state index contributed by atoms with van der Waals surface area (Å²) in [5.41, 5.74) is 2.00. The summed E-state index contributed by atoms with van der Waals surface area (Å²) in [7, 11) is 0. The molecule has 26 heavy (non-hydrogen) atoms. The van der Waals surface area contributed by atoms with Gasteiger partial charge in [0.25, 0.3) is 0 Å². The average molecular weight is 351 g/mol. The van der Waals surface area contributed by atoms with Crippen LogP contribution in [0.15, 0.2) is 40.8 Å². The van der Waals surface area contributed by atoms with Crippen molar-refractivity contribution in [2.45, 2.75) is 57.7 Å². The fourth-order valence-electron chi connectivity index (χ4n) is 6.03. The third-order valence-corrected chi connectivity index (χ3v) is 7.08. The van der Waals surface area contributed by atoms with Crippen LogP contribution < -0.4 is 5.32 Å². The maximum atomic E-state index is 9.64. The molecule has 6 rings (SSSR count). The van der Waals surface area contributed by atoms with Crippen molar-refractivity contribution in [3.05, 3.63) is 47.7 Å². The summed E-state index contributed by atoms with van der Waals surface area (Å²) >= 11 is 0. The van der Waals surface area contributed by atoms with E-state index in [-0.39, 0.29) is 0 Å². The Morgan fingerprint density at radius 1 is 0.962 bits per heavy atom. The zero-order valence-electron chi connectivity index (χ0n) is 15.5. The van der Waals surface area contributed by atoms with Crippen molar-refractivity contribution in [1.29, 1.82) is 0 Å². The van der Waals surface area contributed by atoms with Crippen molar-refractivity contribution in [3.8, 4) is 11.3 Å². The quantitative estimate of drug-likeness (QED) is 0.804. The Morgan fingerprint density at radius 2 is 1.62 bits per heavy atom. The molecular weight excluding hydrogens is 322 g/mol. The minimum Gasteiger partial charge on any atom is -0.460 e. The van der Waals surface area contributed by atoms with Crippen molar-refractivity contribution in [2.75, 3.05) is 0 Å². The Labute approximate surface area is 155 Å². The van der Waals surface area contributed by atoms with E-state index in [2.05, 4.69) is 17.4 Å². The summed E-state index contributed by atoms with van der Waals surface area (Å²) in [6, 6.07) is 12.8. The highest BCUT2D eigenvalue weighted by molar-refractivity contribution is 5.58. The van der Waals surface area contributed by atoms with Crippen LogP contribution in [0.3, 0.4) is 0 Å². The molecule has 1 atom stereocenters. The normalized spacial score (nSPS) is 33.5. The summed E-state index contributed by atoms with van der Waals surface area (Å²) in [4.78, 5) is 0. The molecule has 4 aliphatic carbocycles. The van der Waals surface area contributed by atoms with Gasteiger partial charge in [0.2, 0.25) is 0 Å². The number of aliphatic hydroxyl groups is 1. The maximum absolute atomic E-state index is 9.64. The van der Waals surface area contributed by atoms with E-state index in [1.165, 1.54) is 32.1 Å². The molecule has 1 heterocycles. The lowest BCUT2D eigenvalue weighted by Gasteiger charge is -2.54. The van der Waals surface area contributed by atoms with E-state index in [9.17, 15) is 5.11 Å². The lowest BCUT2D eigenvalue weighted by atomic mass is 9.54. The molecule has 0 saturated heterocycles. The van der Waals surface area contributed by atoms with Gasteiger partial charge in [0, 0.05) is 11.6 Å². The molecule has 1 aromatic heterocycles. The van der Waals surface area contributed by atoms with Gasteiger partial charge < -0.3 is 14.8 Å². The monoisotopic (exact) mass is 351 g/mol. The lowest BCUT2D eigenvalue weighted by molar-refractivity contribution is -0.0147. The smallest absolute Gasteiger partial charge is 0.134 e. The fourth-order valence-corrected chi connectivity index (χ4v) is 6.03. The molecule has 0 amide bonds. The minimum atomic E-state index is -0.429.